The number of hydrogen-bond donors (Lipinski definition) is 0. The number of nitrogens with zero attached hydrogens (tertiary/aromatic N) is 5. The van der Waals surface area contributed by atoms with Gasteiger partial charge in [0.25, 0.3) is 6.33 Å². The Morgan fingerprint density at radius 3 is 1.82 bits per heavy atom. The molecular formula is C65H47N5OPt-2. The van der Waals surface area contributed by atoms with E-state index in [1.807, 2.05) is 72.9 Å². The van der Waals surface area contributed by atoms with E-state index in [0.717, 1.165) is 67.1 Å². The molecule has 0 bridgehead atoms. The molecule has 0 spiro atoms. The summed E-state index contributed by atoms with van der Waals surface area (Å²) in [7, 11) is 0. The summed E-state index contributed by atoms with van der Waals surface area (Å²) in [6.07, 6.45) is 6.16. The maximum absolute atomic E-state index is 9.11. The van der Waals surface area contributed by atoms with Gasteiger partial charge in [-0.2, -0.15) is 12.1 Å². The largest absolute Gasteiger partial charge is 0.510 e. The Labute approximate surface area is 447 Å². The van der Waals surface area contributed by atoms with Gasteiger partial charge >= 0.3 is 0 Å². The van der Waals surface area contributed by atoms with Crippen molar-refractivity contribution in [2.24, 2.45) is 5.41 Å². The van der Waals surface area contributed by atoms with E-state index in [9.17, 15) is 0 Å². The molecule has 0 N–H and O–H groups in total. The standard InChI is InChI=1S/C65H47N5O.Pt/c1-65(2,3)42-44-36-37-66-62(38-44)70-57-33-15-12-28-54(57)63-60(69-55-31-13-10-26-52(55)53-27-11-14-32-56(53)69)40-49(41-61(63)70)71-48-25-18-24-47(39-48)67-43-68(59-35-17-16-34-58(59)67)64-50(45-20-6-4-7-21-45)29-19-30-51(64)46-22-8-5-9-23-46;/h4-38,40H,42H2,1-3H3;/q-2;/i4D,5D,6D,7D,8D,9D,20D,21D,22D,23D;. The Hall–Kier alpha value is -8.31. The van der Waals surface area contributed by atoms with Crippen molar-refractivity contribution in [3.63, 3.8) is 0 Å². The summed E-state index contributed by atoms with van der Waals surface area (Å²) in [6.45, 7) is 6.67. The summed E-state index contributed by atoms with van der Waals surface area (Å²) in [5.41, 5.74) is 7.51. The van der Waals surface area contributed by atoms with E-state index in [2.05, 4.69) is 109 Å². The summed E-state index contributed by atoms with van der Waals surface area (Å²) >= 11 is 0. The van der Waals surface area contributed by atoms with Gasteiger partial charge in [0.1, 0.15) is 5.82 Å². The molecule has 6 nitrogen and oxygen atoms in total. The number of fused-ring (bicyclic) bond motifs is 7. The van der Waals surface area contributed by atoms with Gasteiger partial charge in [-0.3, -0.25) is 4.57 Å². The number of imidazole rings is 1. The van der Waals surface area contributed by atoms with E-state index in [1.54, 1.807) is 33.4 Å². The fourth-order valence-corrected chi connectivity index (χ4v) is 10.0. The number of ether oxygens (including phenoxy) is 1. The maximum atomic E-state index is 9.11. The second-order valence-corrected chi connectivity index (χ2v) is 18.7. The van der Waals surface area contributed by atoms with E-state index in [4.69, 9.17) is 23.4 Å². The van der Waals surface area contributed by atoms with Crippen LogP contribution in [0.1, 0.15) is 40.0 Å². The number of aromatic nitrogens is 5. The number of hydrogen-bond acceptors (Lipinski definition) is 2. The first-order valence-corrected chi connectivity index (χ1v) is 23.4. The molecule has 350 valence electrons. The zero-order chi connectivity index (χ0) is 56.3. The van der Waals surface area contributed by atoms with Crippen LogP contribution < -0.4 is 9.30 Å². The molecule has 0 aliphatic heterocycles. The van der Waals surface area contributed by atoms with Crippen molar-refractivity contribution in [1.82, 2.24) is 18.7 Å². The maximum Gasteiger partial charge on any atom is 0.268 e. The molecule has 0 saturated heterocycles. The Balaban J connectivity index is 0.00000665. The number of rotatable bonds is 9. The normalized spacial score (nSPS) is 13.7. The zero-order valence-corrected chi connectivity index (χ0v) is 41.5. The van der Waals surface area contributed by atoms with E-state index in [0.29, 0.717) is 28.2 Å². The van der Waals surface area contributed by atoms with Crippen LogP contribution in [0.15, 0.2) is 218 Å². The molecule has 0 amide bonds. The monoisotopic (exact) mass is 1120 g/mol. The van der Waals surface area contributed by atoms with Gasteiger partial charge in [0, 0.05) is 55.1 Å². The average molecular weight is 1120 g/mol. The third kappa shape index (κ3) is 7.80. The average Bonchev–Trinajstić information content (AvgIpc) is 2.46. The minimum Gasteiger partial charge on any atom is -0.510 e. The van der Waals surface area contributed by atoms with E-state index < -0.39 is 60.4 Å². The summed E-state index contributed by atoms with van der Waals surface area (Å²) in [6, 6.07) is 50.8. The van der Waals surface area contributed by atoms with Gasteiger partial charge in [-0.15, -0.1) is 24.3 Å². The van der Waals surface area contributed by atoms with Crippen LogP contribution in [0.3, 0.4) is 0 Å². The fraction of sp³-hybridized carbons (Fsp3) is 0.0769. The second-order valence-electron chi connectivity index (χ2n) is 18.7. The van der Waals surface area contributed by atoms with Crippen LogP contribution in [0.4, 0.5) is 0 Å². The molecule has 0 radical (unpaired) electrons. The van der Waals surface area contributed by atoms with Crippen LogP contribution in [-0.2, 0) is 27.5 Å². The Kier molecular flexibility index (Phi) is 8.79. The van der Waals surface area contributed by atoms with Gasteiger partial charge < -0.3 is 18.4 Å². The first kappa shape index (κ1) is 34.9. The van der Waals surface area contributed by atoms with Crippen LogP contribution >= 0.6 is 0 Å². The number of pyridine rings is 1. The first-order valence-electron chi connectivity index (χ1n) is 28.4. The molecule has 7 heteroatoms. The Morgan fingerprint density at radius 1 is 0.583 bits per heavy atom. The number of para-hydroxylation sites is 6. The van der Waals surface area contributed by atoms with Gasteiger partial charge in [-0.25, -0.2) is 4.98 Å². The molecule has 0 unspecified atom stereocenters. The molecule has 13 aromatic rings. The van der Waals surface area contributed by atoms with Crippen molar-refractivity contribution in [3.8, 4) is 56.6 Å². The third-order valence-corrected chi connectivity index (χ3v) is 12.8. The van der Waals surface area contributed by atoms with Crippen molar-refractivity contribution in [2.45, 2.75) is 27.2 Å². The smallest absolute Gasteiger partial charge is 0.268 e. The Morgan fingerprint density at radius 2 is 1.17 bits per heavy atom. The quantitative estimate of drug-likeness (QED) is 0.107. The summed E-state index contributed by atoms with van der Waals surface area (Å²) in [5, 5.41) is 4.16. The molecule has 9 aromatic carbocycles. The van der Waals surface area contributed by atoms with Crippen molar-refractivity contribution >= 4 is 54.6 Å². The van der Waals surface area contributed by atoms with Crippen molar-refractivity contribution in [3.05, 3.63) is 242 Å². The summed E-state index contributed by atoms with van der Waals surface area (Å²) < 4.78 is 103. The predicted molar refractivity (Wildman–Crippen MR) is 288 cm³/mol. The topological polar surface area (TPSA) is 40.8 Å². The summed E-state index contributed by atoms with van der Waals surface area (Å²) in [4.78, 5) is 4.99. The zero-order valence-electron chi connectivity index (χ0n) is 49.2. The predicted octanol–water partition coefficient (Wildman–Crippen LogP) is 15.6. The molecule has 4 aromatic heterocycles. The van der Waals surface area contributed by atoms with Crippen molar-refractivity contribution in [1.29, 1.82) is 0 Å². The third-order valence-electron chi connectivity index (χ3n) is 12.8. The molecule has 0 saturated carbocycles. The van der Waals surface area contributed by atoms with Gasteiger partial charge in [0.05, 0.1) is 41.5 Å². The molecule has 4 heterocycles. The van der Waals surface area contributed by atoms with Crippen LogP contribution in [0.5, 0.6) is 11.5 Å². The van der Waals surface area contributed by atoms with Gasteiger partial charge in [0.2, 0.25) is 0 Å². The molecule has 13 rings (SSSR count). The van der Waals surface area contributed by atoms with Gasteiger partial charge in [0.15, 0.2) is 0 Å². The Bertz CT molecular complexity index is 4590. The van der Waals surface area contributed by atoms with Crippen LogP contribution in [-0.4, -0.2) is 18.7 Å². The van der Waals surface area contributed by atoms with Crippen molar-refractivity contribution in [2.75, 3.05) is 0 Å². The first-order chi connectivity index (χ1) is 39.0. The molecule has 0 fully saturated rings. The SMILES string of the molecule is [2H]c1c([2H])c([2H])c(-c2cccc(-c3c([2H])c([2H])c([2H])c([2H])c3[2H])c2-[n+]2[c-]n(-c3[c-]c(Oc4[c-]c5c(c(-n6c7ccccc7c7ccccc76)c4)c4ccccc4n5-c4cc(CC(C)(C)C)ccn4)ccc3)c3ccccc32)c([2H])c1[2H].[Pt]. The molecular weight excluding hydrogens is 1060 g/mol. The molecule has 0 atom stereocenters. The van der Waals surface area contributed by atoms with Crippen LogP contribution in [0, 0.1) is 23.9 Å². The second kappa shape index (κ2) is 18.1. The molecule has 0 aliphatic rings. The minimum atomic E-state index is -0.577. The van der Waals surface area contributed by atoms with Gasteiger partial charge in [-0.1, -0.05) is 189 Å². The molecule has 72 heavy (non-hydrogen) atoms. The minimum absolute atomic E-state index is 0. The van der Waals surface area contributed by atoms with E-state index >= 15 is 0 Å². The molecule has 0 aliphatic carbocycles. The van der Waals surface area contributed by atoms with Crippen molar-refractivity contribution < 1.29 is 44.1 Å². The van der Waals surface area contributed by atoms with E-state index in [-0.39, 0.29) is 54.4 Å². The van der Waals surface area contributed by atoms with Crippen LogP contribution in [0.2, 0.25) is 0 Å². The van der Waals surface area contributed by atoms with Gasteiger partial charge in [-0.05, 0) is 86.7 Å². The number of benzene rings is 9. The summed E-state index contributed by atoms with van der Waals surface area (Å²) in [5.74, 6) is 1.47. The van der Waals surface area contributed by atoms with E-state index in [1.165, 1.54) is 0 Å². The van der Waals surface area contributed by atoms with Crippen LogP contribution in [0.25, 0.3) is 99.8 Å². The fourth-order valence-electron chi connectivity index (χ4n) is 10.0.